The third-order valence-electron chi connectivity index (χ3n) is 6.48. The van der Waals surface area contributed by atoms with Crippen molar-refractivity contribution in [1.29, 1.82) is 0 Å². The third-order valence-corrected chi connectivity index (χ3v) is 10.8. The zero-order valence-corrected chi connectivity index (χ0v) is 20.7. The first-order chi connectivity index (χ1) is 14.6. The standard InChI is InChI=1S/C22H37N3O5Si/c1-8-13-22(3,4)31(6,7)30-21-18(24-25-23)20(19(26)15(2)29-21)28-14-16-9-11-17(27-5)12-10-16/h9-12,15,18-21,26H,8,13-14H2,1-7H3/t15-,18-,19+,20-,21+/m0/s1. The largest absolute Gasteiger partial charge is 0.497 e. The molecule has 1 N–H and O–H groups in total. The predicted octanol–water partition coefficient (Wildman–Crippen LogP) is 5.17. The molecule has 0 aliphatic carbocycles. The molecule has 9 heteroatoms. The van der Waals surface area contributed by atoms with Crippen LogP contribution in [0.2, 0.25) is 18.1 Å². The molecule has 0 bridgehead atoms. The highest BCUT2D eigenvalue weighted by Gasteiger charge is 2.49. The fourth-order valence-electron chi connectivity index (χ4n) is 3.76. The van der Waals surface area contributed by atoms with Crippen molar-refractivity contribution >= 4 is 8.32 Å². The molecule has 1 aliphatic rings. The Morgan fingerprint density at radius 2 is 1.90 bits per heavy atom. The maximum Gasteiger partial charge on any atom is 0.195 e. The van der Waals surface area contributed by atoms with Gasteiger partial charge in [0.15, 0.2) is 14.6 Å². The molecule has 174 valence electrons. The minimum Gasteiger partial charge on any atom is -0.497 e. The van der Waals surface area contributed by atoms with Crippen molar-refractivity contribution in [3.63, 3.8) is 0 Å². The first kappa shape index (κ1) is 25.6. The number of aliphatic hydroxyl groups is 1. The maximum atomic E-state index is 10.8. The lowest BCUT2D eigenvalue weighted by Gasteiger charge is -2.47. The molecule has 0 spiro atoms. The van der Waals surface area contributed by atoms with Crippen LogP contribution in [0.4, 0.5) is 0 Å². The summed E-state index contributed by atoms with van der Waals surface area (Å²) in [5.41, 5.74) is 10.1. The van der Waals surface area contributed by atoms with E-state index >= 15 is 0 Å². The van der Waals surface area contributed by atoms with Gasteiger partial charge in [-0.05, 0) is 54.7 Å². The van der Waals surface area contributed by atoms with Gasteiger partial charge in [0.05, 0.1) is 25.9 Å². The quantitative estimate of drug-likeness (QED) is 0.229. The topological polar surface area (TPSA) is 106 Å². The van der Waals surface area contributed by atoms with Crippen LogP contribution >= 0.6 is 0 Å². The van der Waals surface area contributed by atoms with E-state index in [1.165, 1.54) is 0 Å². The van der Waals surface area contributed by atoms with E-state index in [9.17, 15) is 10.6 Å². The van der Waals surface area contributed by atoms with Crippen LogP contribution in [0.1, 0.15) is 46.1 Å². The van der Waals surface area contributed by atoms with Crippen molar-refractivity contribution < 1.29 is 23.7 Å². The van der Waals surface area contributed by atoms with E-state index in [0.717, 1.165) is 24.2 Å². The minimum absolute atomic E-state index is 0.00473. The Balaban J connectivity index is 2.22. The molecule has 1 aromatic rings. The number of methoxy groups -OCH3 is 1. The van der Waals surface area contributed by atoms with Crippen LogP contribution in [0.5, 0.6) is 5.75 Å². The zero-order valence-electron chi connectivity index (χ0n) is 19.7. The molecule has 1 fully saturated rings. The number of hydrogen-bond acceptors (Lipinski definition) is 6. The smallest absolute Gasteiger partial charge is 0.195 e. The Kier molecular flexibility index (Phi) is 8.94. The molecule has 1 heterocycles. The summed E-state index contributed by atoms with van der Waals surface area (Å²) in [5, 5.41) is 14.7. The monoisotopic (exact) mass is 451 g/mol. The fourth-order valence-corrected chi connectivity index (χ4v) is 5.71. The van der Waals surface area contributed by atoms with Gasteiger partial charge in [-0.3, -0.25) is 0 Å². The number of aliphatic hydroxyl groups excluding tert-OH is 1. The van der Waals surface area contributed by atoms with Gasteiger partial charge in [-0.2, -0.15) is 0 Å². The fraction of sp³-hybridized carbons (Fsp3) is 0.727. The summed E-state index contributed by atoms with van der Waals surface area (Å²) < 4.78 is 23.8. The first-order valence-electron chi connectivity index (χ1n) is 10.9. The van der Waals surface area contributed by atoms with Crippen molar-refractivity contribution in [3.05, 3.63) is 40.3 Å². The molecular weight excluding hydrogens is 414 g/mol. The van der Waals surface area contributed by atoms with E-state index in [4.69, 9.17) is 18.6 Å². The lowest BCUT2D eigenvalue weighted by molar-refractivity contribution is -0.242. The van der Waals surface area contributed by atoms with E-state index in [2.05, 4.69) is 43.9 Å². The summed E-state index contributed by atoms with van der Waals surface area (Å²) in [6.45, 7) is 12.9. The van der Waals surface area contributed by atoms with E-state index < -0.39 is 39.0 Å². The van der Waals surface area contributed by atoms with Gasteiger partial charge in [0.1, 0.15) is 17.9 Å². The molecule has 0 amide bonds. The Bertz CT molecular complexity index is 752. The molecule has 31 heavy (non-hydrogen) atoms. The van der Waals surface area contributed by atoms with E-state index in [1.807, 2.05) is 24.3 Å². The molecule has 0 radical (unpaired) electrons. The van der Waals surface area contributed by atoms with Crippen molar-refractivity contribution in [2.24, 2.45) is 5.11 Å². The highest BCUT2D eigenvalue weighted by Crippen LogP contribution is 2.44. The number of hydrogen-bond donors (Lipinski definition) is 1. The number of ether oxygens (including phenoxy) is 3. The number of azide groups is 1. The average Bonchev–Trinajstić information content (AvgIpc) is 2.71. The number of benzene rings is 1. The van der Waals surface area contributed by atoms with Gasteiger partial charge < -0.3 is 23.7 Å². The maximum absolute atomic E-state index is 10.8. The molecule has 0 saturated carbocycles. The summed E-state index contributed by atoms with van der Waals surface area (Å²) in [6, 6.07) is 6.70. The third kappa shape index (κ3) is 6.22. The molecule has 5 atom stereocenters. The van der Waals surface area contributed by atoms with Gasteiger partial charge in [0, 0.05) is 4.91 Å². The average molecular weight is 452 g/mol. The lowest BCUT2D eigenvalue weighted by Crippen LogP contribution is -2.60. The summed E-state index contributed by atoms with van der Waals surface area (Å²) >= 11 is 0. The Morgan fingerprint density at radius 3 is 2.45 bits per heavy atom. The minimum atomic E-state index is -2.25. The zero-order chi connectivity index (χ0) is 23.2. The van der Waals surface area contributed by atoms with Gasteiger partial charge in [0.25, 0.3) is 0 Å². The SMILES string of the molecule is CCCC(C)(C)[Si](C)(C)O[C@H]1O[C@@H](C)[C@@H](O)[C@@H](OCc2ccc(OC)cc2)[C@@H]1N=[N+]=[N-]. The van der Waals surface area contributed by atoms with Crippen LogP contribution in [0, 0.1) is 0 Å². The van der Waals surface area contributed by atoms with Crippen molar-refractivity contribution in [1.82, 2.24) is 0 Å². The second kappa shape index (κ2) is 10.8. The number of rotatable bonds is 10. The van der Waals surface area contributed by atoms with Crippen molar-refractivity contribution in [2.75, 3.05) is 7.11 Å². The lowest BCUT2D eigenvalue weighted by atomic mass is 9.98. The Hall–Kier alpha value is -1.61. The van der Waals surface area contributed by atoms with Gasteiger partial charge in [-0.1, -0.05) is 44.4 Å². The molecule has 0 aromatic heterocycles. The summed E-state index contributed by atoms with van der Waals surface area (Å²) in [4.78, 5) is 3.00. The highest BCUT2D eigenvalue weighted by atomic mass is 28.4. The molecule has 1 saturated heterocycles. The molecule has 0 unspecified atom stereocenters. The molecule has 1 aliphatic heterocycles. The van der Waals surface area contributed by atoms with E-state index in [0.29, 0.717) is 0 Å². The van der Waals surface area contributed by atoms with Crippen molar-refractivity contribution in [2.45, 2.75) is 95.9 Å². The molecule has 1 aromatic carbocycles. The van der Waals surface area contributed by atoms with Crippen LogP contribution in [-0.2, 0) is 20.5 Å². The Labute approximate surface area is 186 Å². The summed E-state index contributed by atoms with van der Waals surface area (Å²) in [5.74, 6) is 0.755. The van der Waals surface area contributed by atoms with Gasteiger partial charge >= 0.3 is 0 Å². The molecule has 8 nitrogen and oxygen atoms in total. The van der Waals surface area contributed by atoms with Crippen LogP contribution in [0.3, 0.4) is 0 Å². The van der Waals surface area contributed by atoms with E-state index in [-0.39, 0.29) is 11.6 Å². The highest BCUT2D eigenvalue weighted by molar-refractivity contribution is 6.74. The van der Waals surface area contributed by atoms with Crippen LogP contribution < -0.4 is 4.74 Å². The molecular formula is C22H37N3O5Si. The second-order valence-corrected chi connectivity index (χ2v) is 13.9. The Morgan fingerprint density at radius 1 is 1.26 bits per heavy atom. The van der Waals surface area contributed by atoms with E-state index in [1.54, 1.807) is 14.0 Å². The first-order valence-corrected chi connectivity index (χ1v) is 13.8. The summed E-state index contributed by atoms with van der Waals surface area (Å²) in [7, 11) is -0.635. The van der Waals surface area contributed by atoms with Gasteiger partial charge in [-0.25, -0.2) is 0 Å². The normalized spacial score (nSPS) is 26.9. The van der Waals surface area contributed by atoms with Crippen LogP contribution in [0.15, 0.2) is 29.4 Å². The van der Waals surface area contributed by atoms with Gasteiger partial charge in [0.2, 0.25) is 0 Å². The van der Waals surface area contributed by atoms with Crippen molar-refractivity contribution in [3.8, 4) is 5.75 Å². The number of nitrogens with zero attached hydrogens (tertiary/aromatic N) is 3. The van der Waals surface area contributed by atoms with Crippen LogP contribution in [0.25, 0.3) is 10.4 Å². The van der Waals surface area contributed by atoms with Crippen LogP contribution in [-0.4, -0.2) is 51.2 Å². The van der Waals surface area contributed by atoms with Gasteiger partial charge in [-0.15, -0.1) is 0 Å². The summed E-state index contributed by atoms with van der Waals surface area (Å²) in [6.07, 6.45) is -0.891. The molecule has 2 rings (SSSR count). The predicted molar refractivity (Wildman–Crippen MR) is 122 cm³/mol. The second-order valence-electron chi connectivity index (χ2n) is 9.28.